The smallest absolute Gasteiger partial charge is 0.251 e. The molecule has 1 fully saturated rings. The monoisotopic (exact) mass is 476 g/mol. The molecule has 1 unspecified atom stereocenters. The molecular formula is C25H25ClN6O2. The first-order valence-electron chi connectivity index (χ1n) is 11.3. The summed E-state index contributed by atoms with van der Waals surface area (Å²) < 4.78 is 9.06. The molecule has 34 heavy (non-hydrogen) atoms. The fourth-order valence-electron chi connectivity index (χ4n) is 4.41. The van der Waals surface area contributed by atoms with Gasteiger partial charge >= 0.3 is 0 Å². The fraction of sp³-hybridized carbons (Fsp3) is 0.280. The molecule has 0 saturated carbocycles. The van der Waals surface area contributed by atoms with E-state index in [9.17, 15) is 4.79 Å². The topological polar surface area (TPSA) is 78.1 Å². The van der Waals surface area contributed by atoms with E-state index in [-0.39, 0.29) is 17.2 Å². The summed E-state index contributed by atoms with van der Waals surface area (Å²) in [4.78, 5) is 19.9. The molecule has 5 rings (SSSR count). The van der Waals surface area contributed by atoms with Crippen LogP contribution in [0.4, 0.5) is 5.82 Å². The first-order chi connectivity index (χ1) is 16.7. The third-order valence-electron chi connectivity index (χ3n) is 6.12. The molecule has 9 heteroatoms. The molecule has 1 atom stereocenters. The van der Waals surface area contributed by atoms with Crippen LogP contribution >= 0.6 is 11.6 Å². The van der Waals surface area contributed by atoms with Crippen molar-refractivity contribution in [2.45, 2.75) is 25.3 Å². The summed E-state index contributed by atoms with van der Waals surface area (Å²) in [6, 6.07) is 15.3. The van der Waals surface area contributed by atoms with Crippen LogP contribution < -0.4 is 15.1 Å². The predicted octanol–water partition coefficient (Wildman–Crippen LogP) is 4.38. The minimum absolute atomic E-state index is 0.105. The lowest BCUT2D eigenvalue weighted by Gasteiger charge is -2.23. The molecule has 1 aromatic carbocycles. The molecule has 0 amide bonds. The Hall–Kier alpha value is -3.65. The van der Waals surface area contributed by atoms with Crippen molar-refractivity contribution in [2.24, 2.45) is 0 Å². The van der Waals surface area contributed by atoms with Gasteiger partial charge < -0.3 is 9.64 Å². The Kier molecular flexibility index (Phi) is 6.31. The number of aromatic nitrogens is 5. The maximum atomic E-state index is 13.2. The fourth-order valence-corrected chi connectivity index (χ4v) is 4.65. The summed E-state index contributed by atoms with van der Waals surface area (Å²) in [5, 5.41) is 9.88. The Morgan fingerprint density at radius 3 is 2.68 bits per heavy atom. The number of rotatable bonds is 5. The molecule has 1 aliphatic rings. The zero-order chi connectivity index (χ0) is 23.5. The van der Waals surface area contributed by atoms with E-state index in [1.807, 2.05) is 47.1 Å². The van der Waals surface area contributed by atoms with Gasteiger partial charge in [-0.1, -0.05) is 29.8 Å². The van der Waals surface area contributed by atoms with Crippen molar-refractivity contribution in [3.8, 4) is 22.8 Å². The highest BCUT2D eigenvalue weighted by Gasteiger charge is 2.24. The van der Waals surface area contributed by atoms with Gasteiger partial charge in [0.15, 0.2) is 11.4 Å². The number of ether oxygens (including phenoxy) is 1. The highest BCUT2D eigenvalue weighted by molar-refractivity contribution is 6.32. The van der Waals surface area contributed by atoms with E-state index >= 15 is 0 Å². The van der Waals surface area contributed by atoms with E-state index < -0.39 is 0 Å². The van der Waals surface area contributed by atoms with Gasteiger partial charge in [-0.05, 0) is 49.6 Å². The predicted molar refractivity (Wildman–Crippen MR) is 132 cm³/mol. The molecular weight excluding hydrogens is 452 g/mol. The van der Waals surface area contributed by atoms with Crippen LogP contribution in [0.5, 0.6) is 5.75 Å². The molecule has 0 bridgehead atoms. The van der Waals surface area contributed by atoms with Crippen molar-refractivity contribution in [1.82, 2.24) is 24.5 Å². The summed E-state index contributed by atoms with van der Waals surface area (Å²) in [6.07, 6.45) is 7.85. The van der Waals surface area contributed by atoms with Crippen molar-refractivity contribution < 1.29 is 4.74 Å². The molecule has 0 radical (unpaired) electrons. The molecule has 1 saturated heterocycles. The summed E-state index contributed by atoms with van der Waals surface area (Å²) in [7, 11) is 1.51. The Balaban J connectivity index is 1.49. The number of nitrogens with zero attached hydrogens (tertiary/aromatic N) is 6. The number of halogens is 1. The van der Waals surface area contributed by atoms with Crippen LogP contribution in [0.25, 0.3) is 17.1 Å². The summed E-state index contributed by atoms with van der Waals surface area (Å²) >= 11 is 6.38. The van der Waals surface area contributed by atoms with Crippen molar-refractivity contribution in [3.63, 3.8) is 0 Å². The molecule has 1 aliphatic heterocycles. The van der Waals surface area contributed by atoms with E-state index in [0.717, 1.165) is 43.9 Å². The Morgan fingerprint density at radius 2 is 1.88 bits per heavy atom. The number of hydrogen-bond donors (Lipinski definition) is 0. The van der Waals surface area contributed by atoms with Crippen molar-refractivity contribution in [3.05, 3.63) is 82.4 Å². The molecule has 3 aromatic heterocycles. The molecule has 8 nitrogen and oxygen atoms in total. The van der Waals surface area contributed by atoms with Gasteiger partial charge in [-0.25, -0.2) is 9.67 Å². The molecule has 174 valence electrons. The van der Waals surface area contributed by atoms with E-state index in [4.69, 9.17) is 21.4 Å². The van der Waals surface area contributed by atoms with E-state index in [1.165, 1.54) is 7.11 Å². The Morgan fingerprint density at radius 1 is 1.03 bits per heavy atom. The normalized spacial score (nSPS) is 16.3. The van der Waals surface area contributed by atoms with E-state index in [2.05, 4.69) is 15.0 Å². The number of pyridine rings is 1. The standard InChI is InChI=1S/C25H25ClN6O2/c1-34-22-17-31(18-9-6-15-30(16-12-18)25-20(26)10-5-13-27-25)29-23(24(22)33)21-11-14-28-32(21)19-7-3-2-4-8-19/h2-5,7-8,10-11,13-14,17-18H,6,9,12,15-16H2,1H3. The van der Waals surface area contributed by atoms with Gasteiger partial charge in [0.1, 0.15) is 5.82 Å². The van der Waals surface area contributed by atoms with Gasteiger partial charge in [0.2, 0.25) is 0 Å². The highest BCUT2D eigenvalue weighted by Crippen LogP contribution is 2.29. The van der Waals surface area contributed by atoms with Crippen LogP contribution in [0.3, 0.4) is 0 Å². The van der Waals surface area contributed by atoms with Crippen LogP contribution in [-0.2, 0) is 0 Å². The first kappa shape index (κ1) is 22.2. The van der Waals surface area contributed by atoms with Crippen molar-refractivity contribution in [1.29, 1.82) is 0 Å². The van der Waals surface area contributed by atoms with Crippen LogP contribution in [0.15, 0.2) is 71.9 Å². The molecule has 0 N–H and O–H groups in total. The average Bonchev–Trinajstić information content (AvgIpc) is 3.23. The van der Waals surface area contributed by atoms with Crippen molar-refractivity contribution in [2.75, 3.05) is 25.1 Å². The second-order valence-electron chi connectivity index (χ2n) is 8.20. The van der Waals surface area contributed by atoms with Crippen LogP contribution in [0, 0.1) is 0 Å². The van der Waals surface area contributed by atoms with Crippen LogP contribution in [0.2, 0.25) is 5.02 Å². The summed E-state index contributed by atoms with van der Waals surface area (Å²) in [5.74, 6) is 1.07. The summed E-state index contributed by atoms with van der Waals surface area (Å²) in [5.41, 5.74) is 1.54. The largest absolute Gasteiger partial charge is 0.491 e. The van der Waals surface area contributed by atoms with Gasteiger partial charge in [0.05, 0.1) is 41.9 Å². The lowest BCUT2D eigenvalue weighted by Crippen LogP contribution is -2.26. The number of para-hydroxylation sites is 1. The Labute approximate surface area is 202 Å². The van der Waals surface area contributed by atoms with Crippen LogP contribution in [0.1, 0.15) is 25.3 Å². The van der Waals surface area contributed by atoms with Gasteiger partial charge in [-0.3, -0.25) is 9.48 Å². The highest BCUT2D eigenvalue weighted by atomic mass is 35.5. The summed E-state index contributed by atoms with van der Waals surface area (Å²) in [6.45, 7) is 1.65. The van der Waals surface area contributed by atoms with E-state index in [0.29, 0.717) is 16.4 Å². The average molecular weight is 477 g/mol. The second-order valence-corrected chi connectivity index (χ2v) is 8.61. The minimum Gasteiger partial charge on any atom is -0.491 e. The molecule has 4 heterocycles. The van der Waals surface area contributed by atoms with Gasteiger partial charge in [-0.15, -0.1) is 0 Å². The number of hydrogen-bond acceptors (Lipinski definition) is 6. The second kappa shape index (κ2) is 9.69. The third-order valence-corrected chi connectivity index (χ3v) is 6.42. The molecule has 0 spiro atoms. The Bertz CT molecular complexity index is 1340. The zero-order valence-corrected chi connectivity index (χ0v) is 19.6. The zero-order valence-electron chi connectivity index (χ0n) is 18.8. The van der Waals surface area contributed by atoms with Gasteiger partial charge in [0.25, 0.3) is 5.43 Å². The molecule has 4 aromatic rings. The van der Waals surface area contributed by atoms with Crippen LogP contribution in [-0.4, -0.2) is 44.7 Å². The number of anilines is 1. The van der Waals surface area contributed by atoms with Gasteiger partial charge in [-0.2, -0.15) is 10.2 Å². The van der Waals surface area contributed by atoms with E-state index in [1.54, 1.807) is 29.3 Å². The SMILES string of the molecule is COc1cn(C2CCCN(c3ncccc3Cl)CC2)nc(-c2ccnn2-c2ccccc2)c1=O. The minimum atomic E-state index is -0.257. The molecule has 0 aliphatic carbocycles. The quantitative estimate of drug-likeness (QED) is 0.425. The van der Waals surface area contributed by atoms with Crippen molar-refractivity contribution >= 4 is 17.4 Å². The third kappa shape index (κ3) is 4.28. The first-order valence-corrected chi connectivity index (χ1v) is 11.7. The van der Waals surface area contributed by atoms with Gasteiger partial charge in [0, 0.05) is 19.3 Å². The number of benzene rings is 1. The lowest BCUT2D eigenvalue weighted by atomic mass is 10.1. The maximum Gasteiger partial charge on any atom is 0.251 e. The number of methoxy groups -OCH3 is 1. The maximum absolute atomic E-state index is 13.2. The lowest BCUT2D eigenvalue weighted by molar-refractivity contribution is 0.372.